The SMILES string of the molecule is OC(c1ccc(N2CCN(c3ccc(-c4ccc(C(F)(F)[C@](O)(Cn5cnnn5)c5ccc(F)cc5F)nc4)cc3)CC2)s1)C(F)(F)F. The van der Waals surface area contributed by atoms with Crippen LogP contribution < -0.4 is 9.80 Å². The number of halogens is 7. The monoisotopic (exact) mass is 693 g/mol. The van der Waals surface area contributed by atoms with E-state index in [1.165, 1.54) is 18.3 Å². The first kappa shape index (κ1) is 33.3. The van der Waals surface area contributed by atoms with Crippen molar-refractivity contribution in [1.29, 1.82) is 0 Å². The van der Waals surface area contributed by atoms with Gasteiger partial charge >= 0.3 is 12.1 Å². The van der Waals surface area contributed by atoms with Crippen LogP contribution in [-0.2, 0) is 18.1 Å². The van der Waals surface area contributed by atoms with Crippen LogP contribution in [0.3, 0.4) is 0 Å². The second kappa shape index (κ2) is 12.8. The fourth-order valence-electron chi connectivity index (χ4n) is 5.50. The number of pyridine rings is 1. The summed E-state index contributed by atoms with van der Waals surface area (Å²) < 4.78 is 99.9. The standard InChI is InChI=1S/C31H26F7N7O2S/c32-21-4-7-23(24(33)15-21)29(47,17-45-18-40-41-42-45)30(34,35)26-9-3-20(16-39-26)19-1-5-22(6-2-19)43-11-13-44(14-12-43)27-10-8-25(48-27)28(46)31(36,37)38/h1-10,15-16,18,28,46-47H,11-14,17H2/t28?,29-/m0/s1. The summed E-state index contributed by atoms with van der Waals surface area (Å²) in [5, 5.41) is 31.8. The minimum absolute atomic E-state index is 0.163. The zero-order valence-corrected chi connectivity index (χ0v) is 25.5. The number of anilines is 2. The number of benzene rings is 2. The van der Waals surface area contributed by atoms with Gasteiger partial charge in [0.1, 0.15) is 23.7 Å². The van der Waals surface area contributed by atoms with E-state index >= 15 is 8.78 Å². The number of piperazine rings is 1. The number of tetrazole rings is 1. The zero-order valence-electron chi connectivity index (χ0n) is 24.7. The van der Waals surface area contributed by atoms with Crippen molar-refractivity contribution in [3.05, 3.63) is 107 Å². The number of hydrogen-bond acceptors (Lipinski definition) is 9. The van der Waals surface area contributed by atoms with Crippen LogP contribution in [0.5, 0.6) is 0 Å². The van der Waals surface area contributed by atoms with Crippen LogP contribution in [0.1, 0.15) is 22.2 Å². The lowest BCUT2D eigenvalue weighted by atomic mass is 9.84. The van der Waals surface area contributed by atoms with Gasteiger partial charge in [-0.15, -0.1) is 16.4 Å². The van der Waals surface area contributed by atoms with Crippen LogP contribution >= 0.6 is 11.3 Å². The van der Waals surface area contributed by atoms with Gasteiger partial charge in [-0.2, -0.15) is 22.0 Å². The molecular formula is C31H26F7N7O2S. The van der Waals surface area contributed by atoms with Crippen LogP contribution in [0.15, 0.2) is 79.3 Å². The Hall–Kier alpha value is -4.61. The quantitative estimate of drug-likeness (QED) is 0.190. The van der Waals surface area contributed by atoms with Gasteiger partial charge in [0.05, 0.1) is 11.5 Å². The molecule has 2 atom stereocenters. The summed E-state index contributed by atoms with van der Waals surface area (Å²) in [6, 6.07) is 14.4. The van der Waals surface area contributed by atoms with Gasteiger partial charge in [-0.25, -0.2) is 13.5 Å². The molecule has 3 aromatic heterocycles. The fourth-order valence-corrected chi connectivity index (χ4v) is 6.57. The number of aliphatic hydroxyl groups is 2. The highest BCUT2D eigenvalue weighted by Crippen LogP contribution is 2.47. The van der Waals surface area contributed by atoms with E-state index in [0.29, 0.717) is 48.4 Å². The van der Waals surface area contributed by atoms with Crippen LogP contribution in [0, 0.1) is 11.6 Å². The number of thiophene rings is 1. The highest BCUT2D eigenvalue weighted by atomic mass is 32.1. The van der Waals surface area contributed by atoms with Crippen LogP contribution in [0.4, 0.5) is 41.4 Å². The minimum atomic E-state index is -4.73. The molecule has 1 aliphatic heterocycles. The van der Waals surface area contributed by atoms with Gasteiger partial charge in [0.25, 0.3) is 0 Å². The van der Waals surface area contributed by atoms with Crippen molar-refractivity contribution in [3.8, 4) is 11.1 Å². The van der Waals surface area contributed by atoms with Gasteiger partial charge in [-0.3, -0.25) is 4.98 Å². The minimum Gasteiger partial charge on any atom is -0.379 e. The predicted octanol–water partition coefficient (Wildman–Crippen LogP) is 5.68. The number of alkyl halides is 5. The summed E-state index contributed by atoms with van der Waals surface area (Å²) in [5.74, 6) is -6.59. The normalized spacial score (nSPS) is 16.2. The highest BCUT2D eigenvalue weighted by molar-refractivity contribution is 7.16. The fraction of sp³-hybridized carbons (Fsp3) is 0.290. The van der Waals surface area contributed by atoms with Gasteiger partial charge in [0.2, 0.25) is 0 Å². The maximum atomic E-state index is 16.1. The van der Waals surface area contributed by atoms with Crippen molar-refractivity contribution in [2.24, 2.45) is 0 Å². The number of rotatable bonds is 9. The van der Waals surface area contributed by atoms with E-state index in [1.54, 1.807) is 18.2 Å². The zero-order chi connectivity index (χ0) is 34.3. The lowest BCUT2D eigenvalue weighted by Gasteiger charge is -2.36. The Bertz CT molecular complexity index is 1850. The maximum Gasteiger partial charge on any atom is 0.419 e. The van der Waals surface area contributed by atoms with Crippen molar-refractivity contribution >= 4 is 22.0 Å². The van der Waals surface area contributed by atoms with E-state index in [4.69, 9.17) is 0 Å². The lowest BCUT2D eigenvalue weighted by Crippen LogP contribution is -2.48. The molecule has 1 aliphatic rings. The second-order valence-corrected chi connectivity index (χ2v) is 12.2. The summed E-state index contributed by atoms with van der Waals surface area (Å²) >= 11 is 0.907. The molecule has 4 heterocycles. The molecule has 0 radical (unpaired) electrons. The molecule has 1 saturated heterocycles. The Morgan fingerprint density at radius 1 is 0.833 bits per heavy atom. The first-order valence-corrected chi connectivity index (χ1v) is 15.3. The Labute approximate surface area is 272 Å². The van der Waals surface area contributed by atoms with Gasteiger partial charge in [0, 0.05) is 60.1 Å². The third-order valence-corrected chi connectivity index (χ3v) is 9.31. The average Bonchev–Trinajstić information content (AvgIpc) is 3.77. The van der Waals surface area contributed by atoms with E-state index in [9.17, 15) is 32.2 Å². The molecule has 1 fully saturated rings. The average molecular weight is 694 g/mol. The summed E-state index contributed by atoms with van der Waals surface area (Å²) in [5.41, 5.74) is -2.97. The Balaban J connectivity index is 1.15. The van der Waals surface area contributed by atoms with Gasteiger partial charge in [-0.05, 0) is 58.5 Å². The lowest BCUT2D eigenvalue weighted by molar-refractivity contribution is -0.207. The van der Waals surface area contributed by atoms with Gasteiger partial charge in [-0.1, -0.05) is 18.2 Å². The van der Waals surface area contributed by atoms with Crippen molar-refractivity contribution < 1.29 is 40.9 Å². The van der Waals surface area contributed by atoms with Crippen LogP contribution in [0.25, 0.3) is 11.1 Å². The molecule has 1 unspecified atom stereocenters. The molecule has 17 heteroatoms. The van der Waals surface area contributed by atoms with E-state index < -0.39 is 53.2 Å². The summed E-state index contributed by atoms with van der Waals surface area (Å²) in [6.45, 7) is 1.30. The molecular weight excluding hydrogens is 667 g/mol. The molecule has 0 spiro atoms. The maximum absolute atomic E-state index is 16.1. The molecule has 252 valence electrons. The van der Waals surface area contributed by atoms with E-state index in [2.05, 4.69) is 25.4 Å². The van der Waals surface area contributed by atoms with Crippen molar-refractivity contribution in [1.82, 2.24) is 25.2 Å². The van der Waals surface area contributed by atoms with Crippen LogP contribution in [-0.4, -0.2) is 67.8 Å². The number of aromatic nitrogens is 5. The number of nitrogens with zero attached hydrogens (tertiary/aromatic N) is 7. The van der Waals surface area contributed by atoms with E-state index in [0.717, 1.165) is 46.2 Å². The van der Waals surface area contributed by atoms with Gasteiger partial charge in [0.15, 0.2) is 11.7 Å². The predicted molar refractivity (Wildman–Crippen MR) is 161 cm³/mol. The molecule has 9 nitrogen and oxygen atoms in total. The largest absolute Gasteiger partial charge is 0.419 e. The summed E-state index contributed by atoms with van der Waals surface area (Å²) in [7, 11) is 0. The molecule has 6 rings (SSSR count). The number of hydrogen-bond donors (Lipinski definition) is 2. The Morgan fingerprint density at radius 3 is 2.12 bits per heavy atom. The summed E-state index contributed by atoms with van der Waals surface area (Å²) in [4.78, 5) is 7.80. The topological polar surface area (TPSA) is 103 Å². The molecule has 0 amide bonds. The first-order chi connectivity index (χ1) is 22.8. The summed E-state index contributed by atoms with van der Waals surface area (Å²) in [6.07, 6.45) is -5.09. The van der Waals surface area contributed by atoms with Crippen molar-refractivity contribution in [2.75, 3.05) is 36.0 Å². The first-order valence-electron chi connectivity index (χ1n) is 14.4. The molecule has 5 aromatic rings. The Kier molecular flexibility index (Phi) is 8.86. The van der Waals surface area contributed by atoms with Gasteiger partial charge < -0.3 is 20.0 Å². The molecule has 48 heavy (non-hydrogen) atoms. The van der Waals surface area contributed by atoms with Crippen molar-refractivity contribution in [3.63, 3.8) is 0 Å². The molecule has 2 aromatic carbocycles. The van der Waals surface area contributed by atoms with Crippen LogP contribution in [0.2, 0.25) is 0 Å². The third-order valence-electron chi connectivity index (χ3n) is 8.11. The smallest absolute Gasteiger partial charge is 0.379 e. The van der Waals surface area contributed by atoms with Crippen molar-refractivity contribution in [2.45, 2.75) is 30.3 Å². The van der Waals surface area contributed by atoms with E-state index in [-0.39, 0.29) is 4.88 Å². The highest BCUT2D eigenvalue weighted by Gasteiger charge is 2.58. The molecule has 0 aliphatic carbocycles. The molecule has 2 N–H and O–H groups in total. The Morgan fingerprint density at radius 2 is 1.52 bits per heavy atom. The third kappa shape index (κ3) is 6.44. The van der Waals surface area contributed by atoms with E-state index in [1.807, 2.05) is 17.0 Å². The second-order valence-electron chi connectivity index (χ2n) is 11.1. The molecule has 0 bridgehead atoms. The molecule has 0 saturated carbocycles. The number of aliphatic hydroxyl groups excluding tert-OH is 1.